The van der Waals surface area contributed by atoms with Gasteiger partial charge < -0.3 is 4.74 Å². The Morgan fingerprint density at radius 2 is 1.89 bits per heavy atom. The quantitative estimate of drug-likeness (QED) is 0.457. The summed E-state index contributed by atoms with van der Waals surface area (Å²) in [5.41, 5.74) is 0. The van der Waals surface area contributed by atoms with Crippen LogP contribution < -0.4 is 0 Å². The summed E-state index contributed by atoms with van der Waals surface area (Å²) in [5, 5.41) is 1.26. The number of halogens is 1. The van der Waals surface area contributed by atoms with Gasteiger partial charge in [0.2, 0.25) is 0 Å². The van der Waals surface area contributed by atoms with Gasteiger partial charge in [0.1, 0.15) is 10.7 Å². The molecule has 1 rings (SSSR count). The van der Waals surface area contributed by atoms with Gasteiger partial charge in [0.05, 0.1) is 7.11 Å². The first-order valence-corrected chi connectivity index (χ1v) is 6.39. The number of methoxy groups -OCH3 is 1. The van der Waals surface area contributed by atoms with Crippen molar-refractivity contribution < 1.29 is 31.9 Å². The Hall–Kier alpha value is -2.19. The molecule has 0 saturated carbocycles. The summed E-state index contributed by atoms with van der Waals surface area (Å²) in [6.45, 7) is 0. The summed E-state index contributed by atoms with van der Waals surface area (Å²) in [6.07, 6.45) is 1.41. The molecule has 0 radical (unpaired) electrons. The van der Waals surface area contributed by atoms with Crippen LogP contribution in [0.15, 0.2) is 20.2 Å². The highest BCUT2D eigenvalue weighted by molar-refractivity contribution is 7.89. The summed E-state index contributed by atoms with van der Waals surface area (Å²) in [7, 11) is -3.02. The molecular weight excluding hydrogens is 303 g/mol. The molecular formula is C8H5FN2O6S2. The molecule has 0 atom stereocenters. The SMILES string of the molecule is COC(=O)c1cc(F)cs1.O=C=NS(=O)(=O)N=C=O. The van der Waals surface area contributed by atoms with Gasteiger partial charge in [0.25, 0.3) is 12.2 Å². The number of rotatable bonds is 3. The van der Waals surface area contributed by atoms with Crippen LogP contribution in [0.1, 0.15) is 9.67 Å². The topological polar surface area (TPSA) is 119 Å². The van der Waals surface area contributed by atoms with Crippen LogP contribution in [-0.4, -0.2) is 33.7 Å². The number of isocyanates is 2. The van der Waals surface area contributed by atoms with Gasteiger partial charge in [0, 0.05) is 5.38 Å². The summed E-state index contributed by atoms with van der Waals surface area (Å²) in [4.78, 5) is 29.4. The maximum atomic E-state index is 12.2. The fraction of sp³-hybridized carbons (Fsp3) is 0.125. The van der Waals surface area contributed by atoms with Crippen LogP contribution in [0.2, 0.25) is 0 Å². The molecule has 1 heterocycles. The predicted molar refractivity (Wildman–Crippen MR) is 60.8 cm³/mol. The molecule has 0 aliphatic rings. The van der Waals surface area contributed by atoms with Crippen LogP contribution in [0.4, 0.5) is 4.39 Å². The molecule has 0 N–H and O–H groups in total. The zero-order chi connectivity index (χ0) is 14.9. The highest BCUT2D eigenvalue weighted by Gasteiger charge is 2.07. The lowest BCUT2D eigenvalue weighted by Gasteiger charge is -1.90. The van der Waals surface area contributed by atoms with Gasteiger partial charge >= 0.3 is 16.2 Å². The fourth-order valence-corrected chi connectivity index (χ4v) is 1.53. The Morgan fingerprint density at radius 1 is 1.37 bits per heavy atom. The number of esters is 1. The Balaban J connectivity index is 0.000000344. The fourth-order valence-electron chi connectivity index (χ4n) is 0.635. The van der Waals surface area contributed by atoms with Crippen molar-refractivity contribution >= 4 is 39.7 Å². The van der Waals surface area contributed by atoms with E-state index < -0.39 is 22.0 Å². The molecule has 1 aromatic rings. The minimum Gasteiger partial charge on any atom is -0.465 e. The first-order chi connectivity index (χ1) is 8.86. The van der Waals surface area contributed by atoms with Crippen LogP contribution in [0.25, 0.3) is 0 Å². The predicted octanol–water partition coefficient (Wildman–Crippen LogP) is 0.577. The number of nitrogens with zero attached hydrogens (tertiary/aromatic N) is 2. The van der Waals surface area contributed by atoms with Gasteiger partial charge in [-0.15, -0.1) is 11.3 Å². The maximum Gasteiger partial charge on any atom is 0.383 e. The van der Waals surface area contributed by atoms with Crippen LogP contribution in [0, 0.1) is 5.82 Å². The molecule has 19 heavy (non-hydrogen) atoms. The molecule has 0 aliphatic heterocycles. The van der Waals surface area contributed by atoms with Crippen LogP contribution in [-0.2, 0) is 24.5 Å². The molecule has 0 amide bonds. The van der Waals surface area contributed by atoms with Crippen molar-refractivity contribution in [3.05, 3.63) is 22.1 Å². The third-order valence-corrected chi connectivity index (χ3v) is 2.75. The van der Waals surface area contributed by atoms with Crippen LogP contribution in [0.5, 0.6) is 0 Å². The lowest BCUT2D eigenvalue weighted by Crippen LogP contribution is -1.96. The smallest absolute Gasteiger partial charge is 0.383 e. The van der Waals surface area contributed by atoms with E-state index in [0.29, 0.717) is 17.0 Å². The minimum absolute atomic E-state index is 0.292. The van der Waals surface area contributed by atoms with Gasteiger partial charge in [-0.1, -0.05) is 8.80 Å². The standard InChI is InChI=1S/C6H5FO2S.C2N2O4S/c1-9-6(8)5-2-4(7)3-10-5;5-1-3-9(7,8)4-2-6/h2-3H,1H3;. The van der Waals surface area contributed by atoms with Crippen molar-refractivity contribution in [3.8, 4) is 0 Å². The normalized spacial score (nSPS) is 9.16. The zero-order valence-electron chi connectivity index (χ0n) is 9.19. The van der Waals surface area contributed by atoms with Crippen LogP contribution in [0.3, 0.4) is 0 Å². The number of thiophene rings is 1. The number of hydrogen-bond donors (Lipinski definition) is 0. The minimum atomic E-state index is -4.28. The van der Waals surface area contributed by atoms with Gasteiger partial charge in [-0.3, -0.25) is 0 Å². The van der Waals surface area contributed by atoms with Crippen molar-refractivity contribution in [3.63, 3.8) is 0 Å². The lowest BCUT2D eigenvalue weighted by molar-refractivity contribution is 0.0606. The monoisotopic (exact) mass is 308 g/mol. The molecule has 0 bridgehead atoms. The number of ether oxygens (including phenoxy) is 1. The molecule has 1 aromatic heterocycles. The number of hydrogen-bond acceptors (Lipinski definition) is 7. The molecule has 102 valence electrons. The second-order valence-electron chi connectivity index (χ2n) is 2.43. The first kappa shape index (κ1) is 16.8. The molecule has 0 fully saturated rings. The van der Waals surface area contributed by atoms with Crippen LogP contribution >= 0.6 is 11.3 Å². The van der Waals surface area contributed by atoms with E-state index >= 15 is 0 Å². The molecule has 0 aromatic carbocycles. The van der Waals surface area contributed by atoms with Gasteiger partial charge in [-0.05, 0) is 6.07 Å². The zero-order valence-corrected chi connectivity index (χ0v) is 10.8. The average molecular weight is 308 g/mol. The van der Waals surface area contributed by atoms with E-state index in [0.717, 1.165) is 17.4 Å². The molecule has 0 saturated heterocycles. The van der Waals surface area contributed by atoms with Gasteiger partial charge in [-0.25, -0.2) is 18.8 Å². The summed E-state index contributed by atoms with van der Waals surface area (Å²) >= 11 is 1.03. The Kier molecular flexibility index (Phi) is 7.08. The van der Waals surface area contributed by atoms with Crippen molar-refractivity contribution in [2.24, 2.45) is 8.80 Å². The summed E-state index contributed by atoms with van der Waals surface area (Å²) in [5.74, 6) is -0.890. The third-order valence-electron chi connectivity index (χ3n) is 1.26. The second-order valence-corrected chi connectivity index (χ2v) is 4.61. The van der Waals surface area contributed by atoms with Crippen molar-refractivity contribution in [1.82, 2.24) is 0 Å². The Morgan fingerprint density at radius 3 is 2.21 bits per heavy atom. The Labute approximate surface area is 110 Å². The van der Waals surface area contributed by atoms with E-state index in [1.165, 1.54) is 12.5 Å². The Bertz CT molecular complexity index is 616. The van der Waals surface area contributed by atoms with E-state index in [2.05, 4.69) is 13.5 Å². The molecule has 11 heteroatoms. The second kappa shape index (κ2) is 8.01. The molecule has 0 aliphatic carbocycles. The molecule has 8 nitrogen and oxygen atoms in total. The number of carbonyl (C=O) groups excluding carboxylic acids is 3. The summed E-state index contributed by atoms with van der Waals surface area (Å²) in [6, 6.07) is 1.15. The average Bonchev–Trinajstić information content (AvgIpc) is 2.75. The largest absolute Gasteiger partial charge is 0.465 e. The third kappa shape index (κ3) is 6.96. The van der Waals surface area contributed by atoms with E-state index in [4.69, 9.17) is 0 Å². The summed E-state index contributed by atoms with van der Waals surface area (Å²) < 4.78 is 40.9. The maximum absolute atomic E-state index is 12.2. The molecule has 0 spiro atoms. The van der Waals surface area contributed by atoms with Crippen molar-refractivity contribution in [2.75, 3.05) is 7.11 Å². The first-order valence-electron chi connectivity index (χ1n) is 4.12. The van der Waals surface area contributed by atoms with E-state index in [-0.39, 0.29) is 0 Å². The highest BCUT2D eigenvalue weighted by Crippen LogP contribution is 2.13. The van der Waals surface area contributed by atoms with Gasteiger partial charge in [-0.2, -0.15) is 8.42 Å². The molecule has 0 unspecified atom stereocenters. The number of carbonyl (C=O) groups is 1. The van der Waals surface area contributed by atoms with Gasteiger partial charge in [0.15, 0.2) is 0 Å². The lowest BCUT2D eigenvalue weighted by atomic mass is 10.5. The van der Waals surface area contributed by atoms with Crippen molar-refractivity contribution in [2.45, 2.75) is 0 Å². The van der Waals surface area contributed by atoms with E-state index in [9.17, 15) is 27.2 Å². The van der Waals surface area contributed by atoms with E-state index in [1.807, 2.05) is 0 Å². The highest BCUT2D eigenvalue weighted by atomic mass is 32.2. The van der Waals surface area contributed by atoms with E-state index in [1.54, 1.807) is 0 Å². The van der Waals surface area contributed by atoms with Crippen molar-refractivity contribution in [1.29, 1.82) is 0 Å².